The van der Waals surface area contributed by atoms with E-state index in [-0.39, 0.29) is 24.9 Å². The van der Waals surface area contributed by atoms with Crippen LogP contribution in [0.4, 0.5) is 0 Å². The van der Waals surface area contributed by atoms with E-state index in [1.54, 1.807) is 11.8 Å². The molecule has 1 unspecified atom stereocenters. The Labute approximate surface area is 102 Å². The standard InChI is InChI=1S/C12H22N2O3/c1-3-6-12(2,17)9-13-10(15)8-14-7-4-5-11(14)16/h17H,3-9H2,1-2H3,(H,13,15). The first-order valence-corrected chi connectivity index (χ1v) is 6.21. The van der Waals surface area contributed by atoms with Gasteiger partial charge in [-0.3, -0.25) is 9.59 Å². The van der Waals surface area contributed by atoms with E-state index < -0.39 is 5.60 Å². The van der Waals surface area contributed by atoms with E-state index in [2.05, 4.69) is 5.32 Å². The zero-order valence-corrected chi connectivity index (χ0v) is 10.7. The molecule has 0 radical (unpaired) electrons. The molecule has 1 fully saturated rings. The second kappa shape index (κ2) is 6.00. The summed E-state index contributed by atoms with van der Waals surface area (Å²) in [7, 11) is 0. The molecule has 0 saturated carbocycles. The molecule has 1 atom stereocenters. The van der Waals surface area contributed by atoms with E-state index in [0.717, 1.165) is 12.8 Å². The Balaban J connectivity index is 2.27. The molecule has 0 bridgehead atoms. The molecule has 1 aliphatic rings. The molecule has 5 heteroatoms. The number of carbonyl (C=O) groups is 2. The molecule has 0 aromatic carbocycles. The van der Waals surface area contributed by atoms with Crippen molar-refractivity contribution < 1.29 is 14.7 Å². The molecule has 1 rings (SSSR count). The number of nitrogens with one attached hydrogen (secondary N) is 1. The highest BCUT2D eigenvalue weighted by Gasteiger charge is 2.24. The number of carbonyl (C=O) groups excluding carboxylic acids is 2. The van der Waals surface area contributed by atoms with Crippen LogP contribution in [0.5, 0.6) is 0 Å². The van der Waals surface area contributed by atoms with Gasteiger partial charge in [-0.1, -0.05) is 13.3 Å². The Kier molecular flexibility index (Phi) is 4.93. The highest BCUT2D eigenvalue weighted by molar-refractivity contribution is 5.85. The van der Waals surface area contributed by atoms with Crippen molar-refractivity contribution >= 4 is 11.8 Å². The van der Waals surface area contributed by atoms with Crippen LogP contribution in [-0.2, 0) is 9.59 Å². The second-order valence-corrected chi connectivity index (χ2v) is 4.94. The molecular formula is C12H22N2O3. The predicted octanol–water partition coefficient (Wildman–Crippen LogP) is 0.276. The first-order chi connectivity index (χ1) is 7.94. The van der Waals surface area contributed by atoms with Gasteiger partial charge >= 0.3 is 0 Å². The molecule has 2 N–H and O–H groups in total. The van der Waals surface area contributed by atoms with Crippen LogP contribution in [0, 0.1) is 0 Å². The van der Waals surface area contributed by atoms with Gasteiger partial charge in [0.25, 0.3) is 0 Å². The minimum atomic E-state index is -0.862. The van der Waals surface area contributed by atoms with Crippen molar-refractivity contribution in [2.75, 3.05) is 19.6 Å². The van der Waals surface area contributed by atoms with Crippen molar-refractivity contribution in [2.45, 2.75) is 45.1 Å². The van der Waals surface area contributed by atoms with E-state index in [9.17, 15) is 14.7 Å². The quantitative estimate of drug-likeness (QED) is 0.702. The van der Waals surface area contributed by atoms with Crippen molar-refractivity contribution in [2.24, 2.45) is 0 Å². The van der Waals surface area contributed by atoms with Crippen LogP contribution >= 0.6 is 0 Å². The molecule has 1 saturated heterocycles. The molecule has 98 valence electrons. The summed E-state index contributed by atoms with van der Waals surface area (Å²) in [6.45, 7) is 4.71. The summed E-state index contributed by atoms with van der Waals surface area (Å²) in [5, 5.41) is 12.6. The lowest BCUT2D eigenvalue weighted by Crippen LogP contribution is -2.44. The lowest BCUT2D eigenvalue weighted by molar-refractivity contribution is -0.133. The van der Waals surface area contributed by atoms with Crippen LogP contribution in [0.2, 0.25) is 0 Å². The monoisotopic (exact) mass is 242 g/mol. The van der Waals surface area contributed by atoms with E-state index in [1.165, 1.54) is 0 Å². The Hall–Kier alpha value is -1.10. The summed E-state index contributed by atoms with van der Waals surface area (Å²) in [5.74, 6) is -0.155. The molecule has 0 aromatic heterocycles. The zero-order valence-electron chi connectivity index (χ0n) is 10.7. The highest BCUT2D eigenvalue weighted by Crippen LogP contribution is 2.11. The van der Waals surface area contributed by atoms with Gasteiger partial charge in [0.15, 0.2) is 0 Å². The fourth-order valence-electron chi connectivity index (χ4n) is 2.02. The lowest BCUT2D eigenvalue weighted by Gasteiger charge is -2.23. The summed E-state index contributed by atoms with van der Waals surface area (Å²) in [6.07, 6.45) is 2.89. The van der Waals surface area contributed by atoms with E-state index >= 15 is 0 Å². The number of hydrogen-bond donors (Lipinski definition) is 2. The molecule has 0 aliphatic carbocycles. The first kappa shape index (κ1) is 14.0. The second-order valence-electron chi connectivity index (χ2n) is 4.94. The molecule has 1 heterocycles. The summed E-state index contributed by atoms with van der Waals surface area (Å²) >= 11 is 0. The molecule has 0 aromatic rings. The van der Waals surface area contributed by atoms with Gasteiger partial charge < -0.3 is 15.3 Å². The van der Waals surface area contributed by atoms with Crippen LogP contribution < -0.4 is 5.32 Å². The normalized spacial score (nSPS) is 19.2. The molecule has 2 amide bonds. The Morgan fingerprint density at radius 1 is 1.59 bits per heavy atom. The third-order valence-corrected chi connectivity index (χ3v) is 2.96. The summed E-state index contributed by atoms with van der Waals surface area (Å²) in [4.78, 5) is 24.4. The lowest BCUT2D eigenvalue weighted by atomic mass is 10.0. The number of hydrogen-bond acceptors (Lipinski definition) is 3. The molecule has 5 nitrogen and oxygen atoms in total. The number of likely N-dealkylation sites (tertiary alicyclic amines) is 1. The summed E-state index contributed by atoms with van der Waals surface area (Å²) in [6, 6.07) is 0. The average Bonchev–Trinajstić information content (AvgIpc) is 2.62. The Morgan fingerprint density at radius 3 is 2.82 bits per heavy atom. The van der Waals surface area contributed by atoms with Gasteiger partial charge in [0.2, 0.25) is 11.8 Å². The third kappa shape index (κ3) is 4.73. The van der Waals surface area contributed by atoms with Crippen LogP contribution in [0.15, 0.2) is 0 Å². The van der Waals surface area contributed by atoms with Crippen LogP contribution in [-0.4, -0.2) is 47.1 Å². The number of amides is 2. The van der Waals surface area contributed by atoms with Gasteiger partial charge in [-0.05, 0) is 19.8 Å². The van der Waals surface area contributed by atoms with Gasteiger partial charge in [0.05, 0.1) is 12.1 Å². The maximum atomic E-state index is 11.6. The zero-order chi connectivity index (χ0) is 12.9. The Bertz CT molecular complexity index is 289. The first-order valence-electron chi connectivity index (χ1n) is 6.21. The van der Waals surface area contributed by atoms with E-state index in [1.807, 2.05) is 6.92 Å². The van der Waals surface area contributed by atoms with Gasteiger partial charge in [-0.15, -0.1) is 0 Å². The van der Waals surface area contributed by atoms with Gasteiger partial charge in [0.1, 0.15) is 0 Å². The van der Waals surface area contributed by atoms with Gasteiger partial charge in [0, 0.05) is 19.5 Å². The maximum Gasteiger partial charge on any atom is 0.239 e. The molecule has 0 spiro atoms. The minimum absolute atomic E-state index is 0.0421. The van der Waals surface area contributed by atoms with Crippen molar-refractivity contribution in [1.82, 2.24) is 10.2 Å². The van der Waals surface area contributed by atoms with Crippen molar-refractivity contribution in [3.8, 4) is 0 Å². The molecule has 17 heavy (non-hydrogen) atoms. The Morgan fingerprint density at radius 2 is 2.29 bits per heavy atom. The smallest absolute Gasteiger partial charge is 0.239 e. The van der Waals surface area contributed by atoms with Crippen molar-refractivity contribution in [3.05, 3.63) is 0 Å². The fraction of sp³-hybridized carbons (Fsp3) is 0.833. The summed E-state index contributed by atoms with van der Waals surface area (Å²) in [5.41, 5.74) is -0.862. The maximum absolute atomic E-state index is 11.6. The topological polar surface area (TPSA) is 69.6 Å². The predicted molar refractivity (Wildman–Crippen MR) is 64.4 cm³/mol. The summed E-state index contributed by atoms with van der Waals surface area (Å²) < 4.78 is 0. The third-order valence-electron chi connectivity index (χ3n) is 2.96. The molecule has 1 aliphatic heterocycles. The average molecular weight is 242 g/mol. The van der Waals surface area contributed by atoms with Crippen molar-refractivity contribution in [1.29, 1.82) is 0 Å². The fourth-order valence-corrected chi connectivity index (χ4v) is 2.02. The van der Waals surface area contributed by atoms with Crippen LogP contribution in [0.1, 0.15) is 39.5 Å². The largest absolute Gasteiger partial charge is 0.388 e. The SMILES string of the molecule is CCCC(C)(O)CNC(=O)CN1CCCC1=O. The number of rotatable bonds is 6. The van der Waals surface area contributed by atoms with E-state index in [4.69, 9.17) is 0 Å². The molecular weight excluding hydrogens is 220 g/mol. The number of nitrogens with zero attached hydrogens (tertiary/aromatic N) is 1. The van der Waals surface area contributed by atoms with Gasteiger partial charge in [-0.2, -0.15) is 0 Å². The van der Waals surface area contributed by atoms with Gasteiger partial charge in [-0.25, -0.2) is 0 Å². The number of aliphatic hydroxyl groups is 1. The van der Waals surface area contributed by atoms with Crippen LogP contribution in [0.25, 0.3) is 0 Å². The highest BCUT2D eigenvalue weighted by atomic mass is 16.3. The van der Waals surface area contributed by atoms with Crippen molar-refractivity contribution in [3.63, 3.8) is 0 Å². The van der Waals surface area contributed by atoms with Crippen LogP contribution in [0.3, 0.4) is 0 Å². The minimum Gasteiger partial charge on any atom is -0.388 e. The van der Waals surface area contributed by atoms with E-state index in [0.29, 0.717) is 19.4 Å².